The van der Waals surface area contributed by atoms with E-state index in [1.54, 1.807) is 37.6 Å². The molecule has 0 aromatic carbocycles. The van der Waals surface area contributed by atoms with Gasteiger partial charge in [-0.25, -0.2) is 19.9 Å². The summed E-state index contributed by atoms with van der Waals surface area (Å²) in [6.45, 7) is 0.446. The van der Waals surface area contributed by atoms with Crippen molar-refractivity contribution >= 4 is 17.7 Å². The fraction of sp³-hybridized carbons (Fsp3) is 0.182. The Balaban J connectivity index is 1.42. The van der Waals surface area contributed by atoms with Gasteiger partial charge in [-0.1, -0.05) is 17.3 Å². The van der Waals surface area contributed by atoms with Crippen LogP contribution in [0.25, 0.3) is 22.8 Å². The number of amides is 1. The second-order valence-electron chi connectivity index (χ2n) is 7.43. The summed E-state index contributed by atoms with van der Waals surface area (Å²) in [6.07, 6.45) is 3.56. The lowest BCUT2D eigenvalue weighted by Gasteiger charge is -2.16. The summed E-state index contributed by atoms with van der Waals surface area (Å²) in [5.41, 5.74) is 0.455. The molecule has 4 aromatic heterocycles. The molecule has 0 radical (unpaired) electrons. The first-order valence-corrected chi connectivity index (χ1v) is 9.97. The van der Waals surface area contributed by atoms with E-state index >= 15 is 0 Å². The molecule has 0 spiro atoms. The summed E-state index contributed by atoms with van der Waals surface area (Å²) in [5, 5.41) is 17.8. The SMILES string of the molecule is CN1CCC(O)(c2cc(-c3cccc(-c4ccnc(Nc5ccccn5)n4)n3)no2)C1=O. The van der Waals surface area contributed by atoms with Crippen LogP contribution in [-0.4, -0.2) is 54.6 Å². The van der Waals surface area contributed by atoms with Gasteiger partial charge in [-0.2, -0.15) is 0 Å². The monoisotopic (exact) mass is 429 g/mol. The van der Waals surface area contributed by atoms with Crippen molar-refractivity contribution in [3.8, 4) is 22.8 Å². The highest BCUT2D eigenvalue weighted by molar-refractivity contribution is 5.87. The van der Waals surface area contributed by atoms with Gasteiger partial charge < -0.3 is 19.8 Å². The molecule has 1 fully saturated rings. The highest BCUT2D eigenvalue weighted by atomic mass is 16.5. The maximum atomic E-state index is 12.3. The number of likely N-dealkylation sites (tertiary alicyclic amines) is 1. The molecule has 32 heavy (non-hydrogen) atoms. The summed E-state index contributed by atoms with van der Waals surface area (Å²) in [4.78, 5) is 31.4. The Morgan fingerprint density at radius 1 is 1.00 bits per heavy atom. The zero-order chi connectivity index (χ0) is 22.1. The van der Waals surface area contributed by atoms with E-state index in [1.807, 2.05) is 30.3 Å². The highest BCUT2D eigenvalue weighted by Gasteiger charge is 2.48. The first-order valence-electron chi connectivity index (χ1n) is 9.97. The molecule has 10 heteroatoms. The summed E-state index contributed by atoms with van der Waals surface area (Å²) in [7, 11) is 1.64. The molecule has 1 unspecified atom stereocenters. The predicted molar refractivity (Wildman–Crippen MR) is 114 cm³/mol. The van der Waals surface area contributed by atoms with E-state index in [2.05, 4.69) is 30.4 Å². The van der Waals surface area contributed by atoms with E-state index in [4.69, 9.17) is 4.52 Å². The van der Waals surface area contributed by atoms with Crippen LogP contribution in [0.15, 0.2) is 65.4 Å². The van der Waals surface area contributed by atoms with Crippen LogP contribution >= 0.6 is 0 Å². The lowest BCUT2D eigenvalue weighted by Crippen LogP contribution is -2.35. The summed E-state index contributed by atoms with van der Waals surface area (Å²) >= 11 is 0. The minimum atomic E-state index is -1.70. The number of carbonyl (C=O) groups excluding carboxylic acids is 1. The van der Waals surface area contributed by atoms with E-state index in [0.717, 1.165) is 0 Å². The fourth-order valence-corrected chi connectivity index (χ4v) is 3.51. The number of pyridine rings is 2. The van der Waals surface area contributed by atoms with Gasteiger partial charge in [0, 0.05) is 38.5 Å². The molecular formula is C22H19N7O3. The normalized spacial score (nSPS) is 18.2. The standard InChI is InChI=1S/C22H19N7O3/c1-29-12-9-22(31,20(29)30)18-13-17(28-32-18)15-6-4-5-14(25-15)16-8-11-24-21(26-16)27-19-7-2-3-10-23-19/h2-8,10-11,13,31H,9,12H2,1H3,(H,23,24,26,27). The molecular weight excluding hydrogens is 410 g/mol. The molecule has 160 valence electrons. The number of anilines is 2. The van der Waals surface area contributed by atoms with Crippen LogP contribution in [0.5, 0.6) is 0 Å². The van der Waals surface area contributed by atoms with E-state index in [-0.39, 0.29) is 12.2 Å². The Labute approximate surface area is 183 Å². The van der Waals surface area contributed by atoms with Crippen LogP contribution in [0.4, 0.5) is 11.8 Å². The van der Waals surface area contributed by atoms with Crippen LogP contribution in [0.3, 0.4) is 0 Å². The van der Waals surface area contributed by atoms with Gasteiger partial charge in [0.15, 0.2) is 5.76 Å². The first kappa shape index (κ1) is 19.8. The van der Waals surface area contributed by atoms with Crippen molar-refractivity contribution < 1.29 is 14.4 Å². The second-order valence-corrected chi connectivity index (χ2v) is 7.43. The zero-order valence-corrected chi connectivity index (χ0v) is 17.1. The van der Waals surface area contributed by atoms with Crippen LogP contribution in [0.2, 0.25) is 0 Å². The Bertz CT molecular complexity index is 1280. The first-order chi connectivity index (χ1) is 15.5. The van der Waals surface area contributed by atoms with Crippen LogP contribution < -0.4 is 5.32 Å². The summed E-state index contributed by atoms with van der Waals surface area (Å²) in [5.74, 6) is 0.725. The van der Waals surface area contributed by atoms with Gasteiger partial charge in [-0.3, -0.25) is 4.79 Å². The third-order valence-electron chi connectivity index (χ3n) is 5.26. The minimum Gasteiger partial charge on any atom is -0.373 e. The number of rotatable bonds is 5. The molecule has 0 bridgehead atoms. The largest absolute Gasteiger partial charge is 0.373 e. The van der Waals surface area contributed by atoms with Crippen molar-refractivity contribution in [1.82, 2.24) is 30.0 Å². The van der Waals surface area contributed by atoms with Gasteiger partial charge in [0.2, 0.25) is 11.5 Å². The molecule has 4 aromatic rings. The molecule has 5 rings (SSSR count). The lowest BCUT2D eigenvalue weighted by atomic mass is 9.98. The number of nitrogens with one attached hydrogen (secondary N) is 1. The average Bonchev–Trinajstić information content (AvgIpc) is 3.43. The molecule has 1 aliphatic rings. The predicted octanol–water partition coefficient (Wildman–Crippen LogP) is 2.38. The second kappa shape index (κ2) is 7.82. The fourth-order valence-electron chi connectivity index (χ4n) is 3.51. The van der Waals surface area contributed by atoms with Crippen LogP contribution in [0, 0.1) is 0 Å². The third-order valence-corrected chi connectivity index (χ3v) is 5.26. The molecule has 2 N–H and O–H groups in total. The van der Waals surface area contributed by atoms with Crippen molar-refractivity contribution in [1.29, 1.82) is 0 Å². The highest BCUT2D eigenvalue weighted by Crippen LogP contribution is 2.34. The van der Waals surface area contributed by atoms with Gasteiger partial charge in [-0.15, -0.1) is 0 Å². The van der Waals surface area contributed by atoms with E-state index in [9.17, 15) is 9.90 Å². The van der Waals surface area contributed by atoms with Crippen LogP contribution in [0.1, 0.15) is 12.2 Å². The molecule has 1 aliphatic heterocycles. The average molecular weight is 429 g/mol. The maximum absolute atomic E-state index is 12.3. The van der Waals surface area contributed by atoms with Crippen LogP contribution in [-0.2, 0) is 10.4 Å². The molecule has 0 aliphatic carbocycles. The zero-order valence-electron chi connectivity index (χ0n) is 17.1. The van der Waals surface area contributed by atoms with Gasteiger partial charge in [0.1, 0.15) is 11.5 Å². The summed E-state index contributed by atoms with van der Waals surface area (Å²) in [6, 6.07) is 14.2. The van der Waals surface area contributed by atoms with Crippen molar-refractivity contribution in [2.45, 2.75) is 12.0 Å². The topological polar surface area (TPSA) is 130 Å². The number of hydrogen-bond donors (Lipinski definition) is 2. The number of nitrogens with zero attached hydrogens (tertiary/aromatic N) is 6. The smallest absolute Gasteiger partial charge is 0.262 e. The van der Waals surface area contributed by atoms with Gasteiger partial charge >= 0.3 is 0 Å². The van der Waals surface area contributed by atoms with Gasteiger partial charge in [0.25, 0.3) is 5.91 Å². The van der Waals surface area contributed by atoms with Crippen molar-refractivity contribution in [3.05, 3.63) is 66.7 Å². The molecule has 5 heterocycles. The Morgan fingerprint density at radius 3 is 2.56 bits per heavy atom. The lowest BCUT2D eigenvalue weighted by molar-refractivity contribution is -0.144. The summed E-state index contributed by atoms with van der Waals surface area (Å²) < 4.78 is 5.33. The Hall–Kier alpha value is -4.18. The van der Waals surface area contributed by atoms with Crippen molar-refractivity contribution in [2.75, 3.05) is 18.9 Å². The maximum Gasteiger partial charge on any atom is 0.262 e. The number of likely N-dealkylation sites (N-methyl/N-ethyl adjacent to an activating group) is 1. The van der Waals surface area contributed by atoms with E-state index < -0.39 is 11.5 Å². The molecule has 1 saturated heterocycles. The number of aromatic nitrogens is 5. The Kier molecular flexibility index (Phi) is 4.83. The number of carbonyl (C=O) groups is 1. The third kappa shape index (κ3) is 3.56. The van der Waals surface area contributed by atoms with Gasteiger partial charge in [-0.05, 0) is 30.3 Å². The quantitative estimate of drug-likeness (QED) is 0.491. The molecule has 10 nitrogen and oxygen atoms in total. The molecule has 1 amide bonds. The molecule has 1 atom stereocenters. The van der Waals surface area contributed by atoms with Crippen molar-refractivity contribution in [3.63, 3.8) is 0 Å². The molecule has 0 saturated carbocycles. The number of aliphatic hydroxyl groups is 1. The van der Waals surface area contributed by atoms with Gasteiger partial charge in [0.05, 0.1) is 17.1 Å². The van der Waals surface area contributed by atoms with Crippen molar-refractivity contribution in [2.24, 2.45) is 0 Å². The Morgan fingerprint density at radius 2 is 1.81 bits per heavy atom. The number of hydrogen-bond acceptors (Lipinski definition) is 9. The minimum absolute atomic E-state index is 0.109. The van der Waals surface area contributed by atoms with E-state index in [0.29, 0.717) is 41.1 Å². The van der Waals surface area contributed by atoms with E-state index in [1.165, 1.54) is 4.90 Å².